The first-order valence-corrected chi connectivity index (χ1v) is 10.4. The Morgan fingerprint density at radius 3 is 2.38 bits per heavy atom. The highest BCUT2D eigenvalue weighted by atomic mass is 32.2. The van der Waals surface area contributed by atoms with Crippen molar-refractivity contribution in [1.29, 1.82) is 0 Å². The van der Waals surface area contributed by atoms with Crippen molar-refractivity contribution in [3.05, 3.63) is 59.7 Å². The molecule has 0 aliphatic carbocycles. The summed E-state index contributed by atoms with van der Waals surface area (Å²) >= 11 is 0. The number of hydrogen-bond acceptors (Lipinski definition) is 4. The molecule has 6 heteroatoms. The molecule has 2 aromatic rings. The summed E-state index contributed by atoms with van der Waals surface area (Å²) in [5, 5.41) is 0. The van der Waals surface area contributed by atoms with E-state index in [4.69, 9.17) is 4.74 Å². The maximum absolute atomic E-state index is 12.9. The lowest BCUT2D eigenvalue weighted by Crippen LogP contribution is -2.35. The van der Waals surface area contributed by atoms with E-state index < -0.39 is 10.0 Å². The zero-order chi connectivity index (χ0) is 18.6. The molecule has 0 spiro atoms. The van der Waals surface area contributed by atoms with Crippen LogP contribution in [0.3, 0.4) is 0 Å². The molecule has 0 saturated carbocycles. The zero-order valence-corrected chi connectivity index (χ0v) is 16.2. The van der Waals surface area contributed by atoms with Gasteiger partial charge in [0.2, 0.25) is 10.0 Å². The summed E-state index contributed by atoms with van der Waals surface area (Å²) in [5.41, 5.74) is 2.58. The van der Waals surface area contributed by atoms with Crippen molar-refractivity contribution in [3.8, 4) is 5.75 Å². The third-order valence-electron chi connectivity index (χ3n) is 4.90. The Morgan fingerprint density at radius 2 is 1.69 bits per heavy atom. The molecule has 1 aliphatic rings. The number of ether oxygens (including phenoxy) is 1. The van der Waals surface area contributed by atoms with Gasteiger partial charge in [0.1, 0.15) is 5.75 Å². The second-order valence-corrected chi connectivity index (χ2v) is 8.57. The van der Waals surface area contributed by atoms with Crippen LogP contribution in [0.2, 0.25) is 0 Å². The van der Waals surface area contributed by atoms with Crippen LogP contribution in [0.15, 0.2) is 53.4 Å². The van der Waals surface area contributed by atoms with Crippen LogP contribution in [0.5, 0.6) is 5.75 Å². The van der Waals surface area contributed by atoms with Crippen molar-refractivity contribution in [1.82, 2.24) is 9.21 Å². The monoisotopic (exact) mass is 374 g/mol. The molecule has 1 aliphatic heterocycles. The van der Waals surface area contributed by atoms with Crippen molar-refractivity contribution in [3.63, 3.8) is 0 Å². The normalized spacial score (nSPS) is 17.0. The molecule has 0 N–H and O–H groups in total. The van der Waals surface area contributed by atoms with Gasteiger partial charge in [-0.3, -0.25) is 4.90 Å². The van der Waals surface area contributed by atoms with Crippen molar-refractivity contribution in [2.45, 2.75) is 24.8 Å². The van der Waals surface area contributed by atoms with Gasteiger partial charge < -0.3 is 4.74 Å². The lowest BCUT2D eigenvalue weighted by Gasteiger charge is -2.22. The predicted molar refractivity (Wildman–Crippen MR) is 103 cm³/mol. The van der Waals surface area contributed by atoms with Crippen LogP contribution in [0.25, 0.3) is 0 Å². The Kier molecular flexibility index (Phi) is 5.96. The van der Waals surface area contributed by atoms with Crippen LogP contribution in [0, 0.1) is 6.92 Å². The summed E-state index contributed by atoms with van der Waals surface area (Å²) in [5.74, 6) is 0.657. The van der Waals surface area contributed by atoms with Crippen LogP contribution < -0.4 is 4.74 Å². The third-order valence-corrected chi connectivity index (χ3v) is 6.81. The number of nitrogens with zero attached hydrogens (tertiary/aromatic N) is 2. The smallest absolute Gasteiger partial charge is 0.243 e. The first-order chi connectivity index (χ1) is 12.5. The number of benzene rings is 2. The first kappa shape index (κ1) is 18.9. The van der Waals surface area contributed by atoms with Gasteiger partial charge in [-0.25, -0.2) is 8.42 Å². The van der Waals surface area contributed by atoms with E-state index in [0.717, 1.165) is 26.1 Å². The fourth-order valence-electron chi connectivity index (χ4n) is 3.27. The maximum Gasteiger partial charge on any atom is 0.243 e. The molecule has 0 bridgehead atoms. The Bertz CT molecular complexity index is 834. The number of rotatable bonds is 5. The van der Waals surface area contributed by atoms with Gasteiger partial charge in [0, 0.05) is 26.2 Å². The van der Waals surface area contributed by atoms with Gasteiger partial charge >= 0.3 is 0 Å². The summed E-state index contributed by atoms with van der Waals surface area (Å²) in [6.07, 6.45) is 0.835. The molecule has 1 fully saturated rings. The van der Waals surface area contributed by atoms with E-state index in [2.05, 4.69) is 30.0 Å². The minimum atomic E-state index is -3.46. The van der Waals surface area contributed by atoms with E-state index in [1.54, 1.807) is 35.7 Å². The number of hydrogen-bond donors (Lipinski definition) is 0. The molecule has 3 rings (SSSR count). The molecule has 0 atom stereocenters. The van der Waals surface area contributed by atoms with Gasteiger partial charge in [-0.1, -0.05) is 24.3 Å². The van der Waals surface area contributed by atoms with Gasteiger partial charge in [0.05, 0.1) is 12.0 Å². The number of aryl methyl sites for hydroxylation is 1. The van der Waals surface area contributed by atoms with Gasteiger partial charge in [-0.15, -0.1) is 0 Å². The van der Waals surface area contributed by atoms with Crippen LogP contribution in [0.4, 0.5) is 0 Å². The fourth-order valence-corrected chi connectivity index (χ4v) is 4.74. The molecule has 0 unspecified atom stereocenters. The Hall–Kier alpha value is -1.89. The largest absolute Gasteiger partial charge is 0.497 e. The van der Waals surface area contributed by atoms with Crippen molar-refractivity contribution >= 4 is 10.0 Å². The van der Waals surface area contributed by atoms with Gasteiger partial charge in [-0.05, 0) is 55.3 Å². The van der Waals surface area contributed by atoms with E-state index in [0.29, 0.717) is 23.7 Å². The zero-order valence-electron chi connectivity index (χ0n) is 15.4. The van der Waals surface area contributed by atoms with Crippen LogP contribution in [-0.2, 0) is 16.6 Å². The number of methoxy groups -OCH3 is 1. The first-order valence-electron chi connectivity index (χ1n) is 8.92. The van der Waals surface area contributed by atoms with Gasteiger partial charge in [-0.2, -0.15) is 4.31 Å². The van der Waals surface area contributed by atoms with E-state index in [1.165, 1.54) is 11.1 Å². The van der Waals surface area contributed by atoms with E-state index in [-0.39, 0.29) is 0 Å². The standard InChI is InChI=1S/C20H26N2O3S/c1-17-6-3-4-7-18(17)16-21-12-5-13-22(15-14-21)26(23,24)20-10-8-19(25-2)9-11-20/h3-4,6-11H,5,12-16H2,1-2H3. The van der Waals surface area contributed by atoms with E-state index >= 15 is 0 Å². The predicted octanol–water partition coefficient (Wildman–Crippen LogP) is 2.90. The quantitative estimate of drug-likeness (QED) is 0.807. The summed E-state index contributed by atoms with van der Waals surface area (Å²) in [6.45, 7) is 5.70. The molecule has 2 aromatic carbocycles. The molecule has 26 heavy (non-hydrogen) atoms. The Morgan fingerprint density at radius 1 is 0.962 bits per heavy atom. The molecule has 0 aromatic heterocycles. The topological polar surface area (TPSA) is 49.9 Å². The molecular weight excluding hydrogens is 348 g/mol. The average molecular weight is 375 g/mol. The van der Waals surface area contributed by atoms with Crippen LogP contribution in [0.1, 0.15) is 17.5 Å². The van der Waals surface area contributed by atoms with Gasteiger partial charge in [0.15, 0.2) is 0 Å². The molecule has 0 amide bonds. The van der Waals surface area contributed by atoms with Crippen molar-refractivity contribution in [2.75, 3.05) is 33.3 Å². The summed E-state index contributed by atoms with van der Waals surface area (Å²) in [6, 6.07) is 15.0. The Labute approximate surface area is 156 Å². The molecule has 1 saturated heterocycles. The Balaban J connectivity index is 1.68. The molecule has 0 radical (unpaired) electrons. The highest BCUT2D eigenvalue weighted by Crippen LogP contribution is 2.21. The second-order valence-electron chi connectivity index (χ2n) is 6.64. The third kappa shape index (κ3) is 4.26. The SMILES string of the molecule is COc1ccc(S(=O)(=O)N2CCCN(Cc3ccccc3C)CC2)cc1. The highest BCUT2D eigenvalue weighted by molar-refractivity contribution is 7.89. The van der Waals surface area contributed by atoms with Crippen LogP contribution >= 0.6 is 0 Å². The number of sulfonamides is 1. The van der Waals surface area contributed by atoms with Crippen molar-refractivity contribution in [2.24, 2.45) is 0 Å². The minimum Gasteiger partial charge on any atom is -0.497 e. The molecule has 140 valence electrons. The maximum atomic E-state index is 12.9. The van der Waals surface area contributed by atoms with E-state index in [9.17, 15) is 8.42 Å². The molecular formula is C20H26N2O3S. The minimum absolute atomic E-state index is 0.325. The highest BCUT2D eigenvalue weighted by Gasteiger charge is 2.27. The van der Waals surface area contributed by atoms with Gasteiger partial charge in [0.25, 0.3) is 0 Å². The summed E-state index contributed by atoms with van der Waals surface area (Å²) in [7, 11) is -1.89. The average Bonchev–Trinajstić information content (AvgIpc) is 2.90. The fraction of sp³-hybridized carbons (Fsp3) is 0.400. The van der Waals surface area contributed by atoms with E-state index in [1.807, 2.05) is 6.07 Å². The summed E-state index contributed by atoms with van der Waals surface area (Å²) in [4.78, 5) is 2.66. The summed E-state index contributed by atoms with van der Waals surface area (Å²) < 4.78 is 32.6. The van der Waals surface area contributed by atoms with Crippen LogP contribution in [-0.4, -0.2) is 50.9 Å². The lowest BCUT2D eigenvalue weighted by molar-refractivity contribution is 0.278. The lowest BCUT2D eigenvalue weighted by atomic mass is 10.1. The molecule has 5 nitrogen and oxygen atoms in total. The second kappa shape index (κ2) is 8.20. The molecule has 1 heterocycles. The van der Waals surface area contributed by atoms with Crippen molar-refractivity contribution < 1.29 is 13.2 Å².